The number of carbonyl (C=O) groups excluding carboxylic acids is 2. The van der Waals surface area contributed by atoms with E-state index < -0.39 is 6.10 Å². The first-order valence-corrected chi connectivity index (χ1v) is 9.46. The van der Waals surface area contributed by atoms with Crippen molar-refractivity contribution in [2.75, 3.05) is 26.7 Å². The van der Waals surface area contributed by atoms with Crippen LogP contribution in [0.15, 0.2) is 60.7 Å². The Morgan fingerprint density at radius 1 is 1.07 bits per heavy atom. The van der Waals surface area contributed by atoms with Crippen LogP contribution in [-0.4, -0.2) is 54.7 Å². The zero-order chi connectivity index (χ0) is 19.9. The number of hydrogen-bond acceptors (Lipinski definition) is 4. The number of amides is 2. The van der Waals surface area contributed by atoms with Crippen LogP contribution >= 0.6 is 0 Å². The highest BCUT2D eigenvalue weighted by Gasteiger charge is 2.35. The van der Waals surface area contributed by atoms with Crippen LogP contribution < -0.4 is 5.32 Å². The van der Waals surface area contributed by atoms with Crippen molar-refractivity contribution in [3.05, 3.63) is 71.8 Å². The summed E-state index contributed by atoms with van der Waals surface area (Å²) in [6, 6.07) is 19.5. The fraction of sp³-hybridized carbons (Fsp3) is 0.364. The number of benzene rings is 2. The van der Waals surface area contributed by atoms with Gasteiger partial charge in [-0.3, -0.25) is 9.59 Å². The first-order chi connectivity index (χ1) is 13.6. The van der Waals surface area contributed by atoms with Gasteiger partial charge in [-0.15, -0.1) is 0 Å². The molecular formula is C22H26N2O4. The van der Waals surface area contributed by atoms with Gasteiger partial charge < -0.3 is 20.1 Å². The molecule has 1 heterocycles. The largest absolute Gasteiger partial charge is 0.391 e. The second kappa shape index (κ2) is 9.48. The molecule has 148 valence electrons. The first-order valence-electron chi connectivity index (χ1n) is 9.46. The molecule has 0 spiro atoms. The summed E-state index contributed by atoms with van der Waals surface area (Å²) in [5.41, 5.74) is 1.95. The Balaban J connectivity index is 1.64. The molecule has 1 saturated heterocycles. The van der Waals surface area contributed by atoms with E-state index in [-0.39, 0.29) is 43.4 Å². The summed E-state index contributed by atoms with van der Waals surface area (Å²) in [4.78, 5) is 25.8. The van der Waals surface area contributed by atoms with E-state index in [2.05, 4.69) is 5.32 Å². The van der Waals surface area contributed by atoms with Crippen LogP contribution in [0, 0.1) is 5.92 Å². The number of ether oxygens (including phenoxy) is 1. The Labute approximate surface area is 165 Å². The summed E-state index contributed by atoms with van der Waals surface area (Å²) in [6.45, 7) is 0.497. The molecule has 2 atom stereocenters. The third-order valence-electron chi connectivity index (χ3n) is 5.06. The van der Waals surface area contributed by atoms with Crippen molar-refractivity contribution in [3.8, 4) is 0 Å². The Morgan fingerprint density at radius 3 is 2.18 bits per heavy atom. The lowest BCUT2D eigenvalue weighted by Crippen LogP contribution is -2.33. The predicted molar refractivity (Wildman–Crippen MR) is 105 cm³/mol. The van der Waals surface area contributed by atoms with Crippen LogP contribution in [0.4, 0.5) is 0 Å². The number of aliphatic hydroxyl groups excluding tert-OH is 1. The number of carbonyl (C=O) groups is 2. The maximum Gasteiger partial charge on any atom is 0.248 e. The SMILES string of the molecule is CNC(=O)C[C@@H]1CN(C(=O)COC(c2ccccc2)c2ccccc2)C[C@H]1O. The molecule has 2 N–H and O–H groups in total. The van der Waals surface area contributed by atoms with Gasteiger partial charge in [-0.25, -0.2) is 0 Å². The minimum absolute atomic E-state index is 0.0894. The fourth-order valence-corrected chi connectivity index (χ4v) is 3.49. The topological polar surface area (TPSA) is 78.9 Å². The Morgan fingerprint density at radius 2 is 1.64 bits per heavy atom. The van der Waals surface area contributed by atoms with Gasteiger partial charge in [0.05, 0.1) is 6.10 Å². The van der Waals surface area contributed by atoms with Crippen LogP contribution in [-0.2, 0) is 14.3 Å². The maximum absolute atomic E-state index is 12.6. The standard InChI is InChI=1S/C22H26N2O4/c1-23-20(26)12-18-13-24(14-19(18)25)21(27)15-28-22(16-8-4-2-5-9-16)17-10-6-3-7-11-17/h2-11,18-19,22,25H,12-15H2,1H3,(H,23,26)/t18-,19-/m1/s1. The van der Waals surface area contributed by atoms with Gasteiger partial charge >= 0.3 is 0 Å². The van der Waals surface area contributed by atoms with Crippen LogP contribution in [0.2, 0.25) is 0 Å². The lowest BCUT2D eigenvalue weighted by Gasteiger charge is -2.21. The van der Waals surface area contributed by atoms with Crippen LogP contribution in [0.25, 0.3) is 0 Å². The predicted octanol–water partition coefficient (Wildman–Crippen LogP) is 1.75. The van der Waals surface area contributed by atoms with Crippen LogP contribution in [0.3, 0.4) is 0 Å². The molecule has 0 aliphatic carbocycles. The smallest absolute Gasteiger partial charge is 0.248 e. The molecule has 2 aromatic rings. The summed E-state index contributed by atoms with van der Waals surface area (Å²) in [7, 11) is 1.56. The number of aliphatic hydroxyl groups is 1. The summed E-state index contributed by atoms with van der Waals surface area (Å²) in [5, 5.41) is 12.7. The van der Waals surface area contributed by atoms with E-state index in [0.717, 1.165) is 11.1 Å². The van der Waals surface area contributed by atoms with E-state index in [1.807, 2.05) is 60.7 Å². The maximum atomic E-state index is 12.6. The number of nitrogens with zero attached hydrogens (tertiary/aromatic N) is 1. The molecule has 3 rings (SSSR count). The highest BCUT2D eigenvalue weighted by molar-refractivity contribution is 5.79. The molecule has 6 heteroatoms. The zero-order valence-electron chi connectivity index (χ0n) is 16.0. The van der Waals surface area contributed by atoms with E-state index in [1.165, 1.54) is 0 Å². The Hall–Kier alpha value is -2.70. The molecule has 28 heavy (non-hydrogen) atoms. The van der Waals surface area contributed by atoms with Gasteiger partial charge in [0.2, 0.25) is 11.8 Å². The zero-order valence-corrected chi connectivity index (χ0v) is 16.0. The van der Waals surface area contributed by atoms with E-state index in [1.54, 1.807) is 11.9 Å². The Bertz CT molecular complexity index is 742. The van der Waals surface area contributed by atoms with Gasteiger partial charge in [0.1, 0.15) is 12.7 Å². The summed E-state index contributed by atoms with van der Waals surface area (Å²) in [5.74, 6) is -0.568. The molecule has 0 saturated carbocycles. The third kappa shape index (κ3) is 4.97. The number of nitrogens with one attached hydrogen (secondary N) is 1. The second-order valence-corrected chi connectivity index (χ2v) is 7.02. The van der Waals surface area contributed by atoms with Crippen molar-refractivity contribution in [3.63, 3.8) is 0 Å². The quantitative estimate of drug-likeness (QED) is 0.765. The lowest BCUT2D eigenvalue weighted by molar-refractivity contribution is -0.137. The molecule has 0 unspecified atom stereocenters. The molecular weight excluding hydrogens is 356 g/mol. The van der Waals surface area contributed by atoms with Crippen molar-refractivity contribution in [1.29, 1.82) is 0 Å². The average molecular weight is 382 g/mol. The highest BCUT2D eigenvalue weighted by atomic mass is 16.5. The van der Waals surface area contributed by atoms with Gasteiger partial charge in [0, 0.05) is 32.5 Å². The minimum atomic E-state index is -0.694. The number of rotatable bonds is 7. The number of β-amino-alcohol motifs (C(OH)–C–C–N with tert-alkyl or cyclic N) is 1. The normalized spacial score (nSPS) is 19.0. The molecule has 2 amide bonds. The molecule has 1 aliphatic rings. The molecule has 1 fully saturated rings. The van der Waals surface area contributed by atoms with Crippen molar-refractivity contribution < 1.29 is 19.4 Å². The molecule has 1 aliphatic heterocycles. The summed E-state index contributed by atoms with van der Waals surface area (Å²) >= 11 is 0. The molecule has 2 aromatic carbocycles. The van der Waals surface area contributed by atoms with Crippen LogP contribution in [0.5, 0.6) is 0 Å². The van der Waals surface area contributed by atoms with Crippen molar-refractivity contribution in [2.45, 2.75) is 18.6 Å². The Kier molecular flexibility index (Phi) is 6.79. The second-order valence-electron chi connectivity index (χ2n) is 7.02. The summed E-state index contributed by atoms with van der Waals surface area (Å²) < 4.78 is 6.01. The van der Waals surface area contributed by atoms with E-state index in [0.29, 0.717) is 6.54 Å². The van der Waals surface area contributed by atoms with Gasteiger partial charge in [-0.2, -0.15) is 0 Å². The van der Waals surface area contributed by atoms with Crippen molar-refractivity contribution in [1.82, 2.24) is 10.2 Å². The van der Waals surface area contributed by atoms with Gasteiger partial charge in [0.15, 0.2) is 0 Å². The molecule has 0 aromatic heterocycles. The lowest BCUT2D eigenvalue weighted by atomic mass is 10.0. The van der Waals surface area contributed by atoms with E-state index in [9.17, 15) is 14.7 Å². The summed E-state index contributed by atoms with van der Waals surface area (Å²) in [6.07, 6.45) is -0.834. The van der Waals surface area contributed by atoms with Gasteiger partial charge in [-0.05, 0) is 11.1 Å². The highest BCUT2D eigenvalue weighted by Crippen LogP contribution is 2.26. The van der Waals surface area contributed by atoms with E-state index >= 15 is 0 Å². The minimum Gasteiger partial charge on any atom is -0.391 e. The average Bonchev–Trinajstić information content (AvgIpc) is 3.10. The fourth-order valence-electron chi connectivity index (χ4n) is 3.49. The third-order valence-corrected chi connectivity index (χ3v) is 5.06. The molecule has 0 bridgehead atoms. The molecule has 6 nitrogen and oxygen atoms in total. The number of hydrogen-bond donors (Lipinski definition) is 2. The van der Waals surface area contributed by atoms with Gasteiger partial charge in [-0.1, -0.05) is 60.7 Å². The van der Waals surface area contributed by atoms with Crippen LogP contribution in [0.1, 0.15) is 23.7 Å². The first kappa shape index (κ1) is 20.0. The van der Waals surface area contributed by atoms with Gasteiger partial charge in [0.25, 0.3) is 0 Å². The monoisotopic (exact) mass is 382 g/mol. The van der Waals surface area contributed by atoms with Crippen molar-refractivity contribution >= 4 is 11.8 Å². The van der Waals surface area contributed by atoms with Crippen molar-refractivity contribution in [2.24, 2.45) is 5.92 Å². The number of likely N-dealkylation sites (tertiary alicyclic amines) is 1. The molecule has 0 radical (unpaired) electrons. The van der Waals surface area contributed by atoms with E-state index in [4.69, 9.17) is 4.74 Å².